The SMILES string of the molecule is [2H]C([2H])([2H])Oc1cc2c(cc1OC([2H])([2H])[2H])C1([2H])CC([2H])(OC(=O)[C@@]([2H])(N)C([2H])(C([2H])([2H])[2H])C([2H])([2H])[2H])C(CC(C)C)CN1CC2. The summed E-state index contributed by atoms with van der Waals surface area (Å²) in [6.45, 7) is -3.75. The fraction of sp³-hybridized carbons (Fsp3) is 0.708. The number of fused-ring (bicyclic) bond motifs is 3. The fourth-order valence-electron chi connectivity index (χ4n) is 4.05. The number of ether oxygens (including phenoxy) is 3. The molecular weight excluding hydrogens is 380 g/mol. The van der Waals surface area contributed by atoms with Crippen molar-refractivity contribution in [2.75, 3.05) is 27.2 Å². The van der Waals surface area contributed by atoms with Gasteiger partial charge in [-0.25, -0.2) is 0 Å². The molecule has 2 heterocycles. The van der Waals surface area contributed by atoms with Gasteiger partial charge in [-0.1, -0.05) is 27.6 Å². The molecule has 3 rings (SSSR count). The lowest BCUT2D eigenvalue weighted by atomic mass is 9.79. The third-order valence-electron chi connectivity index (χ3n) is 5.44. The summed E-state index contributed by atoms with van der Waals surface area (Å²) in [6.07, 6.45) is -2.62. The molecule has 2 N–H and O–H groups in total. The number of rotatable bonds is 7. The van der Waals surface area contributed by atoms with E-state index >= 15 is 0 Å². The van der Waals surface area contributed by atoms with Crippen LogP contribution in [-0.4, -0.2) is 50.1 Å². The van der Waals surface area contributed by atoms with Gasteiger partial charge in [-0.05, 0) is 47.9 Å². The first kappa shape index (κ1) is 9.78. The van der Waals surface area contributed by atoms with Gasteiger partial charge < -0.3 is 19.9 Å². The fourth-order valence-corrected chi connectivity index (χ4v) is 4.05. The molecule has 0 saturated carbocycles. The molecule has 168 valence electrons. The lowest BCUT2D eigenvalue weighted by Gasteiger charge is -2.47. The van der Waals surface area contributed by atoms with E-state index in [1.54, 1.807) is 4.90 Å². The van der Waals surface area contributed by atoms with Crippen LogP contribution >= 0.6 is 0 Å². The minimum absolute atomic E-state index is 0.0545. The topological polar surface area (TPSA) is 74.0 Å². The Labute approximate surface area is 203 Å². The van der Waals surface area contributed by atoms with Crippen LogP contribution in [0.5, 0.6) is 11.5 Å². The Bertz CT molecular complexity index is 1290. The monoisotopic (exact) mass is 434 g/mol. The number of benzene rings is 1. The molecule has 4 atom stereocenters. The van der Waals surface area contributed by atoms with Gasteiger partial charge in [0.2, 0.25) is 0 Å². The van der Waals surface area contributed by atoms with Crippen molar-refractivity contribution in [2.24, 2.45) is 23.5 Å². The molecule has 0 aromatic heterocycles. The summed E-state index contributed by atoms with van der Waals surface area (Å²) in [5.74, 6) is -7.75. The van der Waals surface area contributed by atoms with Gasteiger partial charge in [-0.2, -0.15) is 0 Å². The van der Waals surface area contributed by atoms with E-state index in [9.17, 15) is 7.54 Å². The quantitative estimate of drug-likeness (QED) is 0.662. The summed E-state index contributed by atoms with van der Waals surface area (Å²) in [7, 11) is -6.04. The van der Waals surface area contributed by atoms with Crippen LogP contribution in [0, 0.1) is 17.7 Å². The standard InChI is InChI=1S/C24H38N2O4/c1-14(2)9-17-13-26-8-7-16-10-21(28-5)22(29-6)11-18(16)19(26)12-20(17)30-24(27)23(25)15(3)4/h10-11,14-15,17,19-20,23H,7-9,12-13,25H2,1-6H3/t17?,19?,20?,23-/m0/s1/i3D3,4D3,5D3,6D3,15D,19D,20D,23D. The van der Waals surface area contributed by atoms with Crippen molar-refractivity contribution < 1.29 is 40.9 Å². The Morgan fingerprint density at radius 3 is 2.73 bits per heavy atom. The van der Waals surface area contributed by atoms with Gasteiger partial charge in [0.1, 0.15) is 12.1 Å². The summed E-state index contributed by atoms with van der Waals surface area (Å²) in [5.41, 5.74) is 6.17. The van der Waals surface area contributed by atoms with Gasteiger partial charge in [0.05, 0.1) is 26.4 Å². The molecule has 1 saturated heterocycles. The summed E-state index contributed by atoms with van der Waals surface area (Å²) in [4.78, 5) is 15.2. The van der Waals surface area contributed by atoms with Crippen LogP contribution in [0.2, 0.25) is 0 Å². The van der Waals surface area contributed by atoms with Crippen LogP contribution in [0.4, 0.5) is 0 Å². The van der Waals surface area contributed by atoms with E-state index in [1.165, 1.54) is 6.07 Å². The van der Waals surface area contributed by atoms with Crippen LogP contribution in [0.1, 0.15) is 79.5 Å². The zero-order chi connectivity index (χ0) is 35.7. The van der Waals surface area contributed by atoms with Crippen molar-refractivity contribution in [3.05, 3.63) is 23.3 Å². The predicted molar refractivity (Wildman–Crippen MR) is 118 cm³/mol. The van der Waals surface area contributed by atoms with E-state index in [0.717, 1.165) is 6.07 Å². The average molecular weight is 435 g/mol. The molecule has 2 aliphatic rings. The second-order valence-corrected chi connectivity index (χ2v) is 7.95. The van der Waals surface area contributed by atoms with E-state index in [1.807, 2.05) is 13.8 Å². The first-order valence-corrected chi connectivity index (χ1v) is 9.71. The molecule has 1 aromatic rings. The van der Waals surface area contributed by atoms with Gasteiger partial charge in [0, 0.05) is 41.0 Å². The maximum Gasteiger partial charge on any atom is 0.323 e. The lowest BCUT2D eigenvalue weighted by molar-refractivity contribution is -0.160. The number of hydrogen-bond acceptors (Lipinski definition) is 6. The van der Waals surface area contributed by atoms with Crippen molar-refractivity contribution in [2.45, 2.75) is 64.9 Å². The largest absolute Gasteiger partial charge is 0.493 e. The number of carbonyl (C=O) groups is 1. The molecule has 2 aliphatic heterocycles. The molecule has 0 amide bonds. The summed E-state index contributed by atoms with van der Waals surface area (Å²) in [5, 5.41) is 0. The minimum Gasteiger partial charge on any atom is -0.493 e. The first-order valence-electron chi connectivity index (χ1n) is 17.7. The zero-order valence-electron chi connectivity index (χ0n) is 33.0. The van der Waals surface area contributed by atoms with Crippen molar-refractivity contribution in [3.8, 4) is 11.5 Å². The molecule has 6 heteroatoms. The van der Waals surface area contributed by atoms with Gasteiger partial charge in [0.15, 0.2) is 11.5 Å². The third kappa shape index (κ3) is 4.75. The second-order valence-electron chi connectivity index (χ2n) is 7.95. The van der Waals surface area contributed by atoms with Gasteiger partial charge in [-0.15, -0.1) is 0 Å². The number of piperidine rings is 1. The Balaban J connectivity index is 2.16. The van der Waals surface area contributed by atoms with E-state index < -0.39 is 81.6 Å². The van der Waals surface area contributed by atoms with Crippen molar-refractivity contribution >= 4 is 5.97 Å². The average Bonchev–Trinajstić information content (AvgIpc) is 2.81. The van der Waals surface area contributed by atoms with E-state index in [2.05, 4.69) is 0 Å². The van der Waals surface area contributed by atoms with Crippen molar-refractivity contribution in [1.29, 1.82) is 0 Å². The van der Waals surface area contributed by atoms with E-state index in [0.29, 0.717) is 5.56 Å². The highest BCUT2D eigenvalue weighted by atomic mass is 16.5. The molecule has 0 bridgehead atoms. The Morgan fingerprint density at radius 2 is 2.07 bits per heavy atom. The molecule has 0 spiro atoms. The number of hydrogen-bond donors (Lipinski definition) is 1. The summed E-state index contributed by atoms with van der Waals surface area (Å²) in [6, 6.07) is -3.34. The first-order chi connectivity index (χ1) is 20.4. The number of nitrogens with zero attached hydrogens (tertiary/aromatic N) is 1. The van der Waals surface area contributed by atoms with Gasteiger partial charge in [-0.3, -0.25) is 9.69 Å². The predicted octanol–water partition coefficient (Wildman–Crippen LogP) is 3.56. The molecule has 1 aromatic carbocycles. The Kier molecular flexibility index (Phi) is 3.12. The Hall–Kier alpha value is -1.79. The number of nitrogens with two attached hydrogens (primary N) is 1. The molecule has 1 fully saturated rings. The number of carbonyl (C=O) groups excluding carboxylic acids is 1. The van der Waals surface area contributed by atoms with E-state index in [-0.39, 0.29) is 37.4 Å². The van der Waals surface area contributed by atoms with Gasteiger partial charge in [0.25, 0.3) is 0 Å². The number of methoxy groups -OCH3 is 2. The van der Waals surface area contributed by atoms with Crippen LogP contribution in [0.15, 0.2) is 12.1 Å². The van der Waals surface area contributed by atoms with Gasteiger partial charge >= 0.3 is 5.97 Å². The highest BCUT2D eigenvalue weighted by Crippen LogP contribution is 2.44. The highest BCUT2D eigenvalue weighted by Gasteiger charge is 2.41. The summed E-state index contributed by atoms with van der Waals surface area (Å²) < 4.78 is 142. The zero-order valence-corrected chi connectivity index (χ0v) is 17.0. The second kappa shape index (κ2) is 9.56. The molecule has 0 radical (unpaired) electrons. The minimum atomic E-state index is -3.87. The molecule has 6 nitrogen and oxygen atoms in total. The highest BCUT2D eigenvalue weighted by molar-refractivity contribution is 5.76. The maximum absolute atomic E-state index is 13.5. The Morgan fingerprint density at radius 1 is 1.33 bits per heavy atom. The maximum atomic E-state index is 13.5. The third-order valence-corrected chi connectivity index (χ3v) is 5.44. The molecular formula is C24H38N2O4. The smallest absolute Gasteiger partial charge is 0.323 e. The molecule has 30 heavy (non-hydrogen) atoms. The molecule has 0 aliphatic carbocycles. The summed E-state index contributed by atoms with van der Waals surface area (Å²) >= 11 is 0. The lowest BCUT2D eigenvalue weighted by Crippen LogP contribution is -2.51. The van der Waals surface area contributed by atoms with E-state index in [4.69, 9.17) is 39.1 Å². The normalized spacial score (nSPS) is 40.7. The van der Waals surface area contributed by atoms with Crippen molar-refractivity contribution in [1.82, 2.24) is 4.90 Å². The van der Waals surface area contributed by atoms with Crippen LogP contribution < -0.4 is 15.2 Å². The number of esters is 1. The molecule has 3 unspecified atom stereocenters. The van der Waals surface area contributed by atoms with Crippen LogP contribution in [-0.2, 0) is 16.0 Å². The van der Waals surface area contributed by atoms with Crippen LogP contribution in [0.3, 0.4) is 0 Å². The van der Waals surface area contributed by atoms with Crippen LogP contribution in [0.25, 0.3) is 0 Å². The van der Waals surface area contributed by atoms with Crippen molar-refractivity contribution in [3.63, 3.8) is 0 Å².